The van der Waals surface area contributed by atoms with Crippen LogP contribution in [0.25, 0.3) is 11.2 Å². The third-order valence-electron chi connectivity index (χ3n) is 5.85. The fraction of sp³-hybridized carbons (Fsp3) is 0.632. The minimum Gasteiger partial charge on any atom is -0.345 e. The molecule has 28 heavy (non-hydrogen) atoms. The molecule has 1 N–H and O–H groups in total. The van der Waals surface area contributed by atoms with Crippen molar-refractivity contribution in [1.29, 1.82) is 0 Å². The van der Waals surface area contributed by atoms with E-state index in [1.807, 2.05) is 26.1 Å². The maximum absolute atomic E-state index is 12.8. The van der Waals surface area contributed by atoms with Crippen molar-refractivity contribution in [3.05, 3.63) is 23.9 Å². The second-order valence-corrected chi connectivity index (χ2v) is 9.39. The van der Waals surface area contributed by atoms with Gasteiger partial charge in [-0.05, 0) is 30.7 Å². The fourth-order valence-corrected chi connectivity index (χ4v) is 6.45. The smallest absolute Gasteiger partial charge is 0.214 e. The SMILES string of the molecule is C=N/N=c1/cnc2[nH]ccc2n1C1C[C@@H](CS(=O)(=O)N(CC)CC)C[C@@H]1CC. The van der Waals surface area contributed by atoms with E-state index in [0.717, 1.165) is 30.4 Å². The molecule has 154 valence electrons. The van der Waals surface area contributed by atoms with Gasteiger partial charge in [0, 0.05) is 32.0 Å². The molecule has 2 aromatic heterocycles. The maximum atomic E-state index is 12.8. The summed E-state index contributed by atoms with van der Waals surface area (Å²) in [5.74, 6) is 0.705. The van der Waals surface area contributed by atoms with Crippen LogP contribution in [0.15, 0.2) is 28.7 Å². The van der Waals surface area contributed by atoms with Crippen molar-refractivity contribution in [2.45, 2.75) is 46.1 Å². The molecule has 0 bridgehead atoms. The highest BCUT2D eigenvalue weighted by Crippen LogP contribution is 2.42. The van der Waals surface area contributed by atoms with Gasteiger partial charge in [0.25, 0.3) is 0 Å². The van der Waals surface area contributed by atoms with Gasteiger partial charge in [0.05, 0.1) is 17.5 Å². The Balaban J connectivity index is 1.97. The highest BCUT2D eigenvalue weighted by molar-refractivity contribution is 7.89. The van der Waals surface area contributed by atoms with Crippen molar-refractivity contribution >= 4 is 27.9 Å². The van der Waals surface area contributed by atoms with Crippen LogP contribution in [0.4, 0.5) is 0 Å². The number of hydrogen-bond donors (Lipinski definition) is 1. The van der Waals surface area contributed by atoms with Crippen LogP contribution in [0.3, 0.4) is 0 Å². The van der Waals surface area contributed by atoms with Crippen LogP contribution in [0.1, 0.15) is 46.1 Å². The van der Waals surface area contributed by atoms with Gasteiger partial charge in [-0.3, -0.25) is 0 Å². The summed E-state index contributed by atoms with van der Waals surface area (Å²) < 4.78 is 29.3. The van der Waals surface area contributed by atoms with Crippen LogP contribution in [0.2, 0.25) is 0 Å². The molecular weight excluding hydrogens is 376 g/mol. The lowest BCUT2D eigenvalue weighted by molar-refractivity contribution is 0.367. The fourth-order valence-electron chi connectivity index (χ4n) is 4.58. The number of nitrogens with one attached hydrogen (secondary N) is 1. The van der Waals surface area contributed by atoms with Gasteiger partial charge < -0.3 is 9.55 Å². The first kappa shape index (κ1) is 20.7. The van der Waals surface area contributed by atoms with Crippen LogP contribution < -0.4 is 5.49 Å². The molecule has 3 atom stereocenters. The Hall–Kier alpha value is -2.00. The largest absolute Gasteiger partial charge is 0.345 e. The van der Waals surface area contributed by atoms with E-state index in [4.69, 9.17) is 0 Å². The summed E-state index contributed by atoms with van der Waals surface area (Å²) in [6, 6.07) is 2.14. The Morgan fingerprint density at radius 2 is 2.07 bits per heavy atom. The maximum Gasteiger partial charge on any atom is 0.214 e. The minimum absolute atomic E-state index is 0.125. The summed E-state index contributed by atoms with van der Waals surface area (Å²) >= 11 is 0. The zero-order valence-electron chi connectivity index (χ0n) is 16.9. The average molecular weight is 407 g/mol. The van der Waals surface area contributed by atoms with Crippen molar-refractivity contribution in [2.75, 3.05) is 18.8 Å². The predicted molar refractivity (Wildman–Crippen MR) is 111 cm³/mol. The molecule has 1 aliphatic rings. The molecule has 0 amide bonds. The van der Waals surface area contributed by atoms with E-state index in [1.165, 1.54) is 0 Å². The van der Waals surface area contributed by atoms with Crippen molar-refractivity contribution in [3.63, 3.8) is 0 Å². The normalized spacial score (nSPS) is 23.7. The van der Waals surface area contributed by atoms with Crippen LogP contribution in [-0.4, -0.2) is 52.8 Å². The number of rotatable bonds is 8. The summed E-state index contributed by atoms with van der Waals surface area (Å²) in [5.41, 5.74) is 2.40. The second-order valence-electron chi connectivity index (χ2n) is 7.38. The van der Waals surface area contributed by atoms with Crippen LogP contribution >= 0.6 is 0 Å². The van der Waals surface area contributed by atoms with Crippen LogP contribution in [0, 0.1) is 11.8 Å². The summed E-state index contributed by atoms with van der Waals surface area (Å²) in [4.78, 5) is 7.55. The number of aromatic amines is 1. The Labute approximate surface area is 166 Å². The lowest BCUT2D eigenvalue weighted by Gasteiger charge is -2.23. The van der Waals surface area contributed by atoms with Crippen molar-refractivity contribution < 1.29 is 8.42 Å². The van der Waals surface area contributed by atoms with Gasteiger partial charge >= 0.3 is 0 Å². The van der Waals surface area contributed by atoms with E-state index in [1.54, 1.807) is 10.5 Å². The summed E-state index contributed by atoms with van der Waals surface area (Å²) in [7, 11) is -3.24. The molecule has 3 rings (SSSR count). The van der Waals surface area contributed by atoms with Crippen LogP contribution in [-0.2, 0) is 10.0 Å². The number of sulfonamides is 1. The van der Waals surface area contributed by atoms with E-state index in [2.05, 4.69) is 38.4 Å². The quantitative estimate of drug-likeness (QED) is 0.539. The molecule has 1 aliphatic carbocycles. The molecule has 1 saturated carbocycles. The topological polar surface area (TPSA) is 95.7 Å². The van der Waals surface area contributed by atoms with E-state index < -0.39 is 10.0 Å². The van der Waals surface area contributed by atoms with Gasteiger partial charge in [0.2, 0.25) is 10.0 Å². The van der Waals surface area contributed by atoms with Crippen molar-refractivity contribution in [3.8, 4) is 0 Å². The van der Waals surface area contributed by atoms with E-state index in [0.29, 0.717) is 24.5 Å². The van der Waals surface area contributed by atoms with Gasteiger partial charge in [0.1, 0.15) is 0 Å². The second kappa shape index (κ2) is 8.57. The lowest BCUT2D eigenvalue weighted by Crippen LogP contribution is -2.34. The Kier molecular flexibility index (Phi) is 6.34. The minimum atomic E-state index is -3.24. The van der Waals surface area contributed by atoms with E-state index in [-0.39, 0.29) is 17.7 Å². The van der Waals surface area contributed by atoms with Crippen LogP contribution in [0.5, 0.6) is 0 Å². The molecule has 1 fully saturated rings. The predicted octanol–water partition coefficient (Wildman–Crippen LogP) is 2.53. The highest BCUT2D eigenvalue weighted by Gasteiger charge is 2.38. The lowest BCUT2D eigenvalue weighted by atomic mass is 10.00. The third kappa shape index (κ3) is 3.91. The van der Waals surface area contributed by atoms with E-state index >= 15 is 0 Å². The summed E-state index contributed by atoms with van der Waals surface area (Å²) in [5, 5.41) is 7.88. The molecule has 9 heteroatoms. The molecule has 1 unspecified atom stereocenters. The highest BCUT2D eigenvalue weighted by atomic mass is 32.2. The molecule has 2 heterocycles. The third-order valence-corrected chi connectivity index (χ3v) is 8.04. The molecule has 0 aromatic carbocycles. The molecule has 8 nitrogen and oxygen atoms in total. The monoisotopic (exact) mass is 406 g/mol. The Bertz CT molecular complexity index is 989. The van der Waals surface area contributed by atoms with Crippen molar-refractivity contribution in [2.24, 2.45) is 22.0 Å². The van der Waals surface area contributed by atoms with Gasteiger partial charge in [0.15, 0.2) is 11.1 Å². The number of fused-ring (bicyclic) bond motifs is 1. The summed E-state index contributed by atoms with van der Waals surface area (Å²) in [6.45, 7) is 10.5. The molecular formula is C19H30N6O2S. The van der Waals surface area contributed by atoms with Gasteiger partial charge in [-0.2, -0.15) is 5.10 Å². The standard InChI is InChI=1S/C19H30N6O2S/c1-5-15-10-14(13-28(26,27)24(6-2)7-3)11-17(15)25-16-8-9-21-19(16)22-12-18(25)23-20-4/h8-9,12,14-15,17,21H,4-7,10-11,13H2,1-3H3/b23-18-/t14-,15-,17?/m0/s1. The van der Waals surface area contributed by atoms with Gasteiger partial charge in [-0.15, -0.1) is 5.10 Å². The van der Waals surface area contributed by atoms with E-state index in [9.17, 15) is 8.42 Å². The first-order valence-corrected chi connectivity index (χ1v) is 11.6. The number of aromatic nitrogens is 3. The molecule has 0 saturated heterocycles. The molecule has 2 aromatic rings. The number of H-pyrrole nitrogens is 1. The van der Waals surface area contributed by atoms with Crippen molar-refractivity contribution in [1.82, 2.24) is 18.8 Å². The first-order chi connectivity index (χ1) is 13.4. The zero-order valence-corrected chi connectivity index (χ0v) is 17.7. The molecule has 0 radical (unpaired) electrons. The Morgan fingerprint density at radius 1 is 1.32 bits per heavy atom. The van der Waals surface area contributed by atoms with Gasteiger partial charge in [-0.25, -0.2) is 17.7 Å². The number of hydrogen-bond acceptors (Lipinski definition) is 5. The Morgan fingerprint density at radius 3 is 2.71 bits per heavy atom. The summed E-state index contributed by atoms with van der Waals surface area (Å²) in [6.07, 6.45) is 6.23. The average Bonchev–Trinajstić information content (AvgIpc) is 3.28. The molecule has 0 aliphatic heterocycles. The first-order valence-electron chi connectivity index (χ1n) is 9.97. The number of nitrogens with zero attached hydrogens (tertiary/aromatic N) is 5. The molecule has 0 spiro atoms. The van der Waals surface area contributed by atoms with Gasteiger partial charge in [-0.1, -0.05) is 27.2 Å². The zero-order chi connectivity index (χ0) is 20.3.